The maximum Gasteiger partial charge on any atom is 0.201 e. The summed E-state index contributed by atoms with van der Waals surface area (Å²) in [5.41, 5.74) is 9.41. The van der Waals surface area contributed by atoms with Crippen LogP contribution in [0.3, 0.4) is 0 Å². The molecule has 0 fully saturated rings. The number of hydrogen-bond acceptors (Lipinski definition) is 3. The summed E-state index contributed by atoms with van der Waals surface area (Å²) in [6.45, 7) is 10.7. The first kappa shape index (κ1) is 13.9. The van der Waals surface area contributed by atoms with Crippen molar-refractivity contribution in [3.05, 3.63) is 23.8 Å². The van der Waals surface area contributed by atoms with Crippen molar-refractivity contribution in [2.75, 3.05) is 25.4 Å². The maximum absolute atomic E-state index is 6.04. The Hall–Kier alpha value is -1.55. The van der Waals surface area contributed by atoms with Gasteiger partial charge in [0.05, 0.1) is 11.0 Å². The van der Waals surface area contributed by atoms with E-state index in [0.29, 0.717) is 5.95 Å². The van der Waals surface area contributed by atoms with Crippen molar-refractivity contribution in [2.24, 2.45) is 0 Å². The Balaban J connectivity index is 2.19. The lowest BCUT2D eigenvalue weighted by Crippen LogP contribution is -2.28. The van der Waals surface area contributed by atoms with E-state index in [0.717, 1.165) is 37.2 Å². The highest BCUT2D eigenvalue weighted by Crippen LogP contribution is 2.19. The molecule has 2 N–H and O–H groups in total. The Labute approximate surface area is 115 Å². The number of aromatic nitrogens is 2. The van der Waals surface area contributed by atoms with Crippen molar-refractivity contribution >= 4 is 17.0 Å². The van der Waals surface area contributed by atoms with Gasteiger partial charge >= 0.3 is 0 Å². The van der Waals surface area contributed by atoms with Gasteiger partial charge in [-0.15, -0.1) is 0 Å². The van der Waals surface area contributed by atoms with Gasteiger partial charge in [-0.1, -0.05) is 19.9 Å². The molecule has 2 aromatic rings. The summed E-state index contributed by atoms with van der Waals surface area (Å²) in [7, 11) is 0. The number of aryl methyl sites for hydroxylation is 1. The number of hydrogen-bond donors (Lipinski definition) is 1. The van der Waals surface area contributed by atoms with Crippen LogP contribution < -0.4 is 5.73 Å². The van der Waals surface area contributed by atoms with Crippen LogP contribution in [0.5, 0.6) is 0 Å². The van der Waals surface area contributed by atoms with Gasteiger partial charge in [-0.05, 0) is 44.1 Å². The largest absolute Gasteiger partial charge is 0.369 e. The lowest BCUT2D eigenvalue weighted by Gasteiger charge is -2.20. The molecular weight excluding hydrogens is 236 g/mol. The van der Waals surface area contributed by atoms with E-state index in [-0.39, 0.29) is 0 Å². The minimum absolute atomic E-state index is 0.619. The van der Waals surface area contributed by atoms with Crippen molar-refractivity contribution in [1.82, 2.24) is 14.5 Å². The summed E-state index contributed by atoms with van der Waals surface area (Å²) in [4.78, 5) is 6.87. The zero-order chi connectivity index (χ0) is 13.8. The van der Waals surface area contributed by atoms with Crippen molar-refractivity contribution in [3.63, 3.8) is 0 Å². The molecule has 0 amide bonds. The van der Waals surface area contributed by atoms with E-state index in [9.17, 15) is 0 Å². The molecule has 0 spiro atoms. The van der Waals surface area contributed by atoms with Crippen LogP contribution in [0, 0.1) is 6.92 Å². The molecule has 0 aliphatic carbocycles. The summed E-state index contributed by atoms with van der Waals surface area (Å²) in [5, 5.41) is 0. The summed E-state index contributed by atoms with van der Waals surface area (Å²) in [5.74, 6) is 0.619. The smallest absolute Gasteiger partial charge is 0.201 e. The average Bonchev–Trinajstić information content (AvgIpc) is 2.70. The number of nitrogen functional groups attached to an aromatic ring is 1. The Bertz CT molecular complexity index is 544. The van der Waals surface area contributed by atoms with E-state index < -0.39 is 0 Å². The third-order valence-corrected chi connectivity index (χ3v) is 3.56. The molecule has 1 heterocycles. The number of nitrogens with zero attached hydrogens (tertiary/aromatic N) is 3. The molecule has 0 radical (unpaired) electrons. The topological polar surface area (TPSA) is 47.1 Å². The van der Waals surface area contributed by atoms with Gasteiger partial charge in [0.25, 0.3) is 0 Å². The van der Waals surface area contributed by atoms with E-state index in [1.54, 1.807) is 0 Å². The zero-order valence-corrected chi connectivity index (χ0v) is 12.2. The molecule has 2 rings (SSSR count). The zero-order valence-electron chi connectivity index (χ0n) is 12.2. The third kappa shape index (κ3) is 3.07. The number of fused-ring (bicyclic) bond motifs is 1. The molecule has 1 aromatic heterocycles. The van der Waals surface area contributed by atoms with Crippen molar-refractivity contribution in [2.45, 2.75) is 33.7 Å². The van der Waals surface area contributed by atoms with Gasteiger partial charge in [-0.3, -0.25) is 0 Å². The van der Waals surface area contributed by atoms with Gasteiger partial charge in [0, 0.05) is 13.1 Å². The minimum Gasteiger partial charge on any atom is -0.369 e. The molecule has 0 saturated heterocycles. The highest BCUT2D eigenvalue weighted by Gasteiger charge is 2.09. The maximum atomic E-state index is 6.04. The predicted molar refractivity (Wildman–Crippen MR) is 81.3 cm³/mol. The lowest BCUT2D eigenvalue weighted by molar-refractivity contribution is 0.278. The number of nitrogens with two attached hydrogens (primary N) is 1. The van der Waals surface area contributed by atoms with Crippen LogP contribution >= 0.6 is 0 Å². The van der Waals surface area contributed by atoms with Crippen molar-refractivity contribution in [1.29, 1.82) is 0 Å². The van der Waals surface area contributed by atoms with Gasteiger partial charge in [-0.25, -0.2) is 4.98 Å². The molecule has 4 heteroatoms. The van der Waals surface area contributed by atoms with Gasteiger partial charge in [-0.2, -0.15) is 0 Å². The summed E-state index contributed by atoms with van der Waals surface area (Å²) in [6, 6.07) is 6.28. The van der Waals surface area contributed by atoms with Crippen LogP contribution in [0.4, 0.5) is 5.95 Å². The normalized spacial score (nSPS) is 11.6. The molecule has 0 aliphatic heterocycles. The Morgan fingerprint density at radius 2 is 2.05 bits per heavy atom. The van der Waals surface area contributed by atoms with E-state index in [4.69, 9.17) is 5.73 Å². The highest BCUT2D eigenvalue weighted by molar-refractivity contribution is 5.79. The van der Waals surface area contributed by atoms with E-state index in [1.165, 1.54) is 12.0 Å². The molecule has 104 valence electrons. The standard InChI is InChI=1S/C15H24N4/c1-4-8-18(5-2)9-10-19-14-11-12(3)6-7-13(14)17-15(19)16/h6-7,11H,4-5,8-10H2,1-3H3,(H2,16,17). The predicted octanol–water partition coefficient (Wildman–Crippen LogP) is 2.66. The molecule has 0 saturated carbocycles. The van der Waals surface area contributed by atoms with Gasteiger partial charge in [0.2, 0.25) is 5.95 Å². The molecule has 4 nitrogen and oxygen atoms in total. The lowest BCUT2D eigenvalue weighted by atomic mass is 10.2. The second-order valence-corrected chi connectivity index (χ2v) is 5.05. The first-order valence-electron chi connectivity index (χ1n) is 7.10. The van der Waals surface area contributed by atoms with Crippen LogP contribution in [0.25, 0.3) is 11.0 Å². The van der Waals surface area contributed by atoms with Crippen LogP contribution in [0.1, 0.15) is 25.8 Å². The van der Waals surface area contributed by atoms with Crippen molar-refractivity contribution in [3.8, 4) is 0 Å². The summed E-state index contributed by atoms with van der Waals surface area (Å²) in [6.07, 6.45) is 1.19. The van der Waals surface area contributed by atoms with Crippen LogP contribution in [-0.4, -0.2) is 34.1 Å². The fourth-order valence-corrected chi connectivity index (χ4v) is 2.47. The Morgan fingerprint density at radius 1 is 1.26 bits per heavy atom. The summed E-state index contributed by atoms with van der Waals surface area (Å²) >= 11 is 0. The SMILES string of the molecule is CCCN(CC)CCn1c(N)nc2ccc(C)cc21. The van der Waals surface area contributed by atoms with Gasteiger partial charge in [0.1, 0.15) is 0 Å². The quantitative estimate of drug-likeness (QED) is 0.868. The van der Waals surface area contributed by atoms with Gasteiger partial charge in [0.15, 0.2) is 0 Å². The molecule has 0 aliphatic rings. The molecule has 0 unspecified atom stereocenters. The monoisotopic (exact) mass is 260 g/mol. The first-order valence-corrected chi connectivity index (χ1v) is 7.10. The van der Waals surface area contributed by atoms with E-state index in [1.807, 2.05) is 6.07 Å². The summed E-state index contributed by atoms with van der Waals surface area (Å²) < 4.78 is 2.13. The number of imidazole rings is 1. The van der Waals surface area contributed by atoms with Crippen LogP contribution in [0.2, 0.25) is 0 Å². The van der Waals surface area contributed by atoms with Gasteiger partial charge < -0.3 is 15.2 Å². The van der Waals surface area contributed by atoms with E-state index in [2.05, 4.69) is 47.4 Å². The minimum atomic E-state index is 0.619. The Morgan fingerprint density at radius 3 is 2.74 bits per heavy atom. The number of benzene rings is 1. The molecular formula is C15H24N4. The second-order valence-electron chi connectivity index (χ2n) is 5.05. The van der Waals surface area contributed by atoms with E-state index >= 15 is 0 Å². The molecule has 19 heavy (non-hydrogen) atoms. The average molecular weight is 260 g/mol. The van der Waals surface area contributed by atoms with Crippen LogP contribution in [0.15, 0.2) is 18.2 Å². The van der Waals surface area contributed by atoms with Crippen molar-refractivity contribution < 1.29 is 0 Å². The molecule has 0 bridgehead atoms. The second kappa shape index (κ2) is 6.06. The highest BCUT2D eigenvalue weighted by atomic mass is 15.2. The number of likely N-dealkylation sites (N-methyl/N-ethyl adjacent to an activating group) is 1. The third-order valence-electron chi connectivity index (χ3n) is 3.56. The fourth-order valence-electron chi connectivity index (χ4n) is 2.47. The Kier molecular flexibility index (Phi) is 4.43. The van der Waals surface area contributed by atoms with Crippen LogP contribution in [-0.2, 0) is 6.54 Å². The molecule has 0 atom stereocenters. The fraction of sp³-hybridized carbons (Fsp3) is 0.533. The number of anilines is 1. The first-order chi connectivity index (χ1) is 9.15. The number of rotatable bonds is 6. The molecule has 1 aromatic carbocycles.